The molecule has 0 radical (unpaired) electrons. The Morgan fingerprint density at radius 1 is 0.932 bits per heavy atom. The highest BCUT2D eigenvalue weighted by molar-refractivity contribution is 7.20. The summed E-state index contributed by atoms with van der Waals surface area (Å²) >= 11 is 1.35. The predicted molar refractivity (Wildman–Crippen MR) is 160 cm³/mol. The monoisotopic (exact) mass is 629 g/mol. The van der Waals surface area contributed by atoms with Crippen LogP contribution < -0.4 is 18.9 Å². The van der Waals surface area contributed by atoms with Crippen molar-refractivity contribution in [3.8, 4) is 23.0 Å². The van der Waals surface area contributed by atoms with Gasteiger partial charge in [0.2, 0.25) is 0 Å². The number of thiophene rings is 1. The molecule has 0 unspecified atom stereocenters. The van der Waals surface area contributed by atoms with Crippen molar-refractivity contribution in [3.63, 3.8) is 0 Å². The second kappa shape index (κ2) is 12.5. The molecule has 1 aliphatic heterocycles. The van der Waals surface area contributed by atoms with E-state index in [4.69, 9.17) is 28.4 Å². The number of carbonyl (C=O) groups is 3. The van der Waals surface area contributed by atoms with Crippen molar-refractivity contribution in [3.05, 3.63) is 46.1 Å². The van der Waals surface area contributed by atoms with Gasteiger partial charge in [0.15, 0.2) is 34.6 Å². The van der Waals surface area contributed by atoms with Gasteiger partial charge in [-0.3, -0.25) is 14.5 Å². The second-order valence-electron chi connectivity index (χ2n) is 11.7. The van der Waals surface area contributed by atoms with Gasteiger partial charge in [-0.05, 0) is 56.3 Å². The number of hydrogen-bond donors (Lipinski definition) is 0. The standard InChI is InChI=1S/C32H36FNO9S/c1-32(2,3)43-31(37)34-15-18-11-24(39-5)29(27(33)21(18)16-34)42-9-7-8-41-23-10-17-12-26(44-25(17)14-22(23)38-4)28(35)19-13-20(19)30(36)40-6/h10-12,14,19-20H,7-9,13,15-16H2,1-6H3/t19-,20-/m1/s1. The van der Waals surface area contributed by atoms with Crippen LogP contribution in [0, 0.1) is 17.7 Å². The number of esters is 1. The van der Waals surface area contributed by atoms with Crippen LogP contribution in [0.25, 0.3) is 10.1 Å². The molecule has 0 spiro atoms. The largest absolute Gasteiger partial charge is 0.493 e. The van der Waals surface area contributed by atoms with Gasteiger partial charge in [-0.2, -0.15) is 0 Å². The molecule has 2 aromatic carbocycles. The Bertz CT molecular complexity index is 1590. The van der Waals surface area contributed by atoms with Crippen LogP contribution in [0.15, 0.2) is 24.3 Å². The number of benzene rings is 2. The minimum atomic E-state index is -0.660. The number of carbonyl (C=O) groups excluding carboxylic acids is 3. The van der Waals surface area contributed by atoms with E-state index in [9.17, 15) is 14.4 Å². The highest BCUT2D eigenvalue weighted by Crippen LogP contribution is 2.45. The molecule has 5 rings (SSSR count). The Morgan fingerprint density at radius 2 is 1.66 bits per heavy atom. The molecule has 0 saturated heterocycles. The van der Waals surface area contributed by atoms with Crippen LogP contribution in [0.1, 0.15) is 54.4 Å². The van der Waals surface area contributed by atoms with Gasteiger partial charge in [0.25, 0.3) is 0 Å². The van der Waals surface area contributed by atoms with Gasteiger partial charge < -0.3 is 28.4 Å². The number of methoxy groups -OCH3 is 3. The lowest BCUT2D eigenvalue weighted by Crippen LogP contribution is -2.33. The van der Waals surface area contributed by atoms with Crippen LogP contribution in [-0.2, 0) is 27.4 Å². The fourth-order valence-corrected chi connectivity index (χ4v) is 6.22. The van der Waals surface area contributed by atoms with Gasteiger partial charge >= 0.3 is 12.1 Å². The summed E-state index contributed by atoms with van der Waals surface area (Å²) in [6.07, 6.45) is 0.417. The summed E-state index contributed by atoms with van der Waals surface area (Å²) in [4.78, 5) is 39.2. The number of halogens is 1. The minimum absolute atomic E-state index is 0.0168. The molecule has 3 aromatic rings. The van der Waals surface area contributed by atoms with Crippen molar-refractivity contribution >= 4 is 39.3 Å². The maximum absolute atomic E-state index is 15.5. The summed E-state index contributed by atoms with van der Waals surface area (Å²) in [5, 5.41) is 0.825. The molecule has 1 saturated carbocycles. The molecule has 0 N–H and O–H groups in total. The summed E-state index contributed by atoms with van der Waals surface area (Å²) in [7, 11) is 4.30. The highest BCUT2D eigenvalue weighted by atomic mass is 32.1. The van der Waals surface area contributed by atoms with E-state index in [-0.39, 0.29) is 61.4 Å². The van der Waals surface area contributed by atoms with Crippen LogP contribution in [0.5, 0.6) is 23.0 Å². The van der Waals surface area contributed by atoms with Crippen LogP contribution in [0.3, 0.4) is 0 Å². The fourth-order valence-electron chi connectivity index (χ4n) is 5.14. The maximum Gasteiger partial charge on any atom is 0.410 e. The molecule has 1 amide bonds. The minimum Gasteiger partial charge on any atom is -0.493 e. The molecule has 2 aliphatic rings. The Hall–Kier alpha value is -4.06. The van der Waals surface area contributed by atoms with E-state index in [2.05, 4.69) is 0 Å². The number of amides is 1. The van der Waals surface area contributed by atoms with Crippen LogP contribution >= 0.6 is 11.3 Å². The molecule has 0 bridgehead atoms. The molecule has 44 heavy (non-hydrogen) atoms. The summed E-state index contributed by atoms with van der Waals surface area (Å²) in [5.41, 5.74) is 0.353. The number of ketones is 1. The predicted octanol–water partition coefficient (Wildman–Crippen LogP) is 6.15. The number of ether oxygens (including phenoxy) is 6. The van der Waals surface area contributed by atoms with E-state index in [1.165, 1.54) is 37.6 Å². The SMILES string of the molecule is COC(=O)[C@@H]1C[C@H]1C(=O)c1cc2cc(OCCCOc3c(OC)cc4c(c3F)CN(C(=O)OC(C)(C)C)C4)c(OC)cc2s1. The summed E-state index contributed by atoms with van der Waals surface area (Å²) in [5.74, 6) is -0.454. The van der Waals surface area contributed by atoms with Crippen molar-refractivity contribution in [1.82, 2.24) is 4.90 Å². The average Bonchev–Trinajstić information content (AvgIpc) is 3.48. The lowest BCUT2D eigenvalue weighted by Gasteiger charge is -2.24. The first-order valence-electron chi connectivity index (χ1n) is 14.3. The Kier molecular flexibility index (Phi) is 8.92. The zero-order valence-electron chi connectivity index (χ0n) is 25.6. The van der Waals surface area contributed by atoms with E-state index in [1.54, 1.807) is 32.9 Å². The van der Waals surface area contributed by atoms with E-state index in [0.29, 0.717) is 40.3 Å². The van der Waals surface area contributed by atoms with Gasteiger partial charge in [0.05, 0.1) is 51.9 Å². The first kappa shape index (κ1) is 31.4. The zero-order chi connectivity index (χ0) is 31.8. The van der Waals surface area contributed by atoms with Crippen molar-refractivity contribution in [1.29, 1.82) is 0 Å². The summed E-state index contributed by atoms with van der Waals surface area (Å²) < 4.78 is 49.3. The zero-order valence-corrected chi connectivity index (χ0v) is 26.4. The van der Waals surface area contributed by atoms with Gasteiger partial charge in [-0.1, -0.05) is 0 Å². The Morgan fingerprint density at radius 3 is 2.34 bits per heavy atom. The van der Waals surface area contributed by atoms with E-state index >= 15 is 4.39 Å². The molecule has 12 heteroatoms. The third-order valence-electron chi connectivity index (χ3n) is 7.43. The molecule has 236 valence electrons. The van der Waals surface area contributed by atoms with Crippen LogP contribution in [0.2, 0.25) is 0 Å². The summed E-state index contributed by atoms with van der Waals surface area (Å²) in [6, 6.07) is 7.12. The number of hydrogen-bond acceptors (Lipinski definition) is 10. The quantitative estimate of drug-likeness (QED) is 0.140. The first-order chi connectivity index (χ1) is 20.9. The lowest BCUT2D eigenvalue weighted by atomic mass is 10.1. The maximum atomic E-state index is 15.5. The fraction of sp³-hybridized carbons (Fsp3) is 0.469. The van der Waals surface area contributed by atoms with Gasteiger partial charge in [-0.25, -0.2) is 9.18 Å². The Balaban J connectivity index is 1.19. The van der Waals surface area contributed by atoms with Gasteiger partial charge in [0.1, 0.15) is 5.60 Å². The van der Waals surface area contributed by atoms with Crippen LogP contribution in [-0.4, -0.2) is 62.9 Å². The first-order valence-corrected chi connectivity index (χ1v) is 15.1. The molecular formula is C32H36FNO9S. The number of nitrogens with zero attached hydrogens (tertiary/aromatic N) is 1. The second-order valence-corrected chi connectivity index (χ2v) is 12.8. The third kappa shape index (κ3) is 6.54. The van der Waals surface area contributed by atoms with Gasteiger partial charge in [0, 0.05) is 35.2 Å². The molecule has 10 nitrogen and oxygen atoms in total. The van der Waals surface area contributed by atoms with E-state index in [0.717, 1.165) is 10.1 Å². The molecule has 2 heterocycles. The number of fused-ring (bicyclic) bond motifs is 2. The molecule has 1 aliphatic carbocycles. The number of Topliss-reactive ketones (excluding diaryl/α,β-unsaturated/α-hetero) is 1. The third-order valence-corrected chi connectivity index (χ3v) is 8.54. The summed E-state index contributed by atoms with van der Waals surface area (Å²) in [6.45, 7) is 6.02. The Labute approximate surface area is 258 Å². The van der Waals surface area contributed by atoms with Crippen molar-refractivity contribution < 1.29 is 47.2 Å². The van der Waals surface area contributed by atoms with Crippen LogP contribution in [0.4, 0.5) is 9.18 Å². The van der Waals surface area contributed by atoms with Crippen molar-refractivity contribution in [2.75, 3.05) is 34.5 Å². The molecular weight excluding hydrogens is 593 g/mol. The van der Waals surface area contributed by atoms with E-state index in [1.807, 2.05) is 12.1 Å². The normalized spacial score (nSPS) is 17.2. The topological polar surface area (TPSA) is 110 Å². The smallest absolute Gasteiger partial charge is 0.410 e. The van der Waals surface area contributed by atoms with Gasteiger partial charge in [-0.15, -0.1) is 11.3 Å². The number of rotatable bonds is 11. The van der Waals surface area contributed by atoms with Crippen molar-refractivity contribution in [2.45, 2.75) is 52.3 Å². The van der Waals surface area contributed by atoms with Crippen molar-refractivity contribution in [2.24, 2.45) is 11.8 Å². The highest BCUT2D eigenvalue weighted by Gasteiger charge is 2.49. The molecule has 1 aromatic heterocycles. The molecule has 1 fully saturated rings. The lowest BCUT2D eigenvalue weighted by molar-refractivity contribution is -0.142. The average molecular weight is 630 g/mol. The molecule has 2 atom stereocenters. The van der Waals surface area contributed by atoms with E-state index < -0.39 is 17.5 Å².